The van der Waals surface area contributed by atoms with Crippen LogP contribution < -0.4 is 0 Å². The zero-order chi connectivity index (χ0) is 10.8. The Morgan fingerprint density at radius 3 is 2.43 bits per heavy atom. The van der Waals surface area contributed by atoms with Crippen LogP contribution in [0.15, 0.2) is 18.2 Å². The van der Waals surface area contributed by atoms with E-state index in [1.54, 1.807) is 0 Å². The molecule has 2 nitrogen and oxygen atoms in total. The summed E-state index contributed by atoms with van der Waals surface area (Å²) >= 11 is 0. The predicted molar refractivity (Wildman–Crippen MR) is 41.5 cm³/mol. The number of alkyl halides is 3. The SMILES string of the molecule is N#Cc1cc(C(F)(F)F)ccc1C=O. The lowest BCUT2D eigenvalue weighted by Gasteiger charge is -2.06. The summed E-state index contributed by atoms with van der Waals surface area (Å²) in [6, 6.07) is 3.93. The van der Waals surface area contributed by atoms with E-state index in [0.29, 0.717) is 12.4 Å². The van der Waals surface area contributed by atoms with Crippen molar-refractivity contribution in [3.8, 4) is 6.07 Å². The van der Waals surface area contributed by atoms with Crippen LogP contribution in [0, 0.1) is 11.3 Å². The maximum Gasteiger partial charge on any atom is 0.416 e. The second-order valence-electron chi connectivity index (χ2n) is 2.53. The molecule has 1 aromatic carbocycles. The maximum absolute atomic E-state index is 12.1. The van der Waals surface area contributed by atoms with Crippen molar-refractivity contribution in [2.45, 2.75) is 6.18 Å². The van der Waals surface area contributed by atoms with Crippen molar-refractivity contribution in [3.63, 3.8) is 0 Å². The minimum atomic E-state index is -4.49. The van der Waals surface area contributed by atoms with E-state index in [1.807, 2.05) is 0 Å². The molecular formula is C9H4F3NO. The number of hydrogen-bond donors (Lipinski definition) is 0. The third kappa shape index (κ3) is 1.91. The molecule has 0 aliphatic carbocycles. The normalized spacial score (nSPS) is 10.7. The monoisotopic (exact) mass is 199 g/mol. The number of nitriles is 1. The first-order valence-electron chi connectivity index (χ1n) is 3.55. The van der Waals surface area contributed by atoms with Crippen molar-refractivity contribution < 1.29 is 18.0 Å². The van der Waals surface area contributed by atoms with Gasteiger partial charge < -0.3 is 0 Å². The first-order chi connectivity index (χ1) is 6.49. The Morgan fingerprint density at radius 1 is 1.36 bits per heavy atom. The number of rotatable bonds is 1. The molecule has 14 heavy (non-hydrogen) atoms. The third-order valence-electron chi connectivity index (χ3n) is 1.63. The molecule has 0 aliphatic rings. The molecule has 1 rings (SSSR count). The summed E-state index contributed by atoms with van der Waals surface area (Å²) in [5, 5.41) is 8.46. The molecule has 0 fully saturated rings. The Morgan fingerprint density at radius 2 is 2.00 bits per heavy atom. The number of carbonyl (C=O) groups is 1. The van der Waals surface area contributed by atoms with Crippen LogP contribution in [0.1, 0.15) is 21.5 Å². The second kappa shape index (κ2) is 3.50. The molecule has 1 aromatic rings. The largest absolute Gasteiger partial charge is 0.416 e. The van der Waals surface area contributed by atoms with Crippen molar-refractivity contribution in [1.82, 2.24) is 0 Å². The van der Waals surface area contributed by atoms with Gasteiger partial charge in [0.1, 0.15) is 0 Å². The summed E-state index contributed by atoms with van der Waals surface area (Å²) in [5.74, 6) is 0. The summed E-state index contributed by atoms with van der Waals surface area (Å²) in [6.45, 7) is 0. The van der Waals surface area contributed by atoms with E-state index < -0.39 is 11.7 Å². The van der Waals surface area contributed by atoms with E-state index in [-0.39, 0.29) is 11.1 Å². The molecule has 72 valence electrons. The molecule has 0 radical (unpaired) electrons. The van der Waals surface area contributed by atoms with Gasteiger partial charge in [0, 0.05) is 5.56 Å². The molecule has 5 heteroatoms. The summed E-state index contributed by atoms with van der Waals surface area (Å²) in [5.41, 5.74) is -1.24. The van der Waals surface area contributed by atoms with Gasteiger partial charge in [-0.15, -0.1) is 0 Å². The minimum Gasteiger partial charge on any atom is -0.298 e. The van der Waals surface area contributed by atoms with Crippen LogP contribution in [-0.2, 0) is 6.18 Å². The fourth-order valence-corrected chi connectivity index (χ4v) is 0.932. The molecule has 0 aromatic heterocycles. The van der Waals surface area contributed by atoms with Gasteiger partial charge in [0.2, 0.25) is 0 Å². The maximum atomic E-state index is 12.1. The van der Waals surface area contributed by atoms with Crippen LogP contribution in [0.4, 0.5) is 13.2 Å². The third-order valence-corrected chi connectivity index (χ3v) is 1.63. The number of nitrogens with zero attached hydrogens (tertiary/aromatic N) is 1. The molecule has 0 heterocycles. The van der Waals surface area contributed by atoms with E-state index in [0.717, 1.165) is 12.1 Å². The molecule has 0 spiro atoms. The number of benzene rings is 1. The molecule has 0 saturated heterocycles. The number of aldehydes is 1. The molecule has 0 amide bonds. The molecule has 0 atom stereocenters. The van der Waals surface area contributed by atoms with Crippen LogP contribution in [0.5, 0.6) is 0 Å². The second-order valence-corrected chi connectivity index (χ2v) is 2.53. The van der Waals surface area contributed by atoms with E-state index in [4.69, 9.17) is 5.26 Å². The predicted octanol–water partition coefficient (Wildman–Crippen LogP) is 2.39. The number of halogens is 3. The lowest BCUT2D eigenvalue weighted by Crippen LogP contribution is -2.05. The molecule has 0 aliphatic heterocycles. The lowest BCUT2D eigenvalue weighted by atomic mass is 10.1. The zero-order valence-corrected chi connectivity index (χ0v) is 6.80. The Balaban J connectivity index is 3.30. The van der Waals surface area contributed by atoms with Crippen LogP contribution in [0.25, 0.3) is 0 Å². The smallest absolute Gasteiger partial charge is 0.298 e. The van der Waals surface area contributed by atoms with Crippen molar-refractivity contribution in [3.05, 3.63) is 34.9 Å². The van der Waals surface area contributed by atoms with E-state index in [1.165, 1.54) is 6.07 Å². The molecule has 0 bridgehead atoms. The first-order valence-corrected chi connectivity index (χ1v) is 3.55. The van der Waals surface area contributed by atoms with E-state index in [9.17, 15) is 18.0 Å². The topological polar surface area (TPSA) is 40.9 Å². The molecule has 0 unspecified atom stereocenters. The van der Waals surface area contributed by atoms with Crippen molar-refractivity contribution in [2.24, 2.45) is 0 Å². The van der Waals surface area contributed by atoms with Gasteiger partial charge in [0.05, 0.1) is 17.2 Å². The number of carbonyl (C=O) groups excluding carboxylic acids is 1. The Kier molecular flexibility index (Phi) is 2.56. The van der Waals surface area contributed by atoms with Gasteiger partial charge in [-0.2, -0.15) is 18.4 Å². The zero-order valence-electron chi connectivity index (χ0n) is 6.80. The average molecular weight is 199 g/mol. The fraction of sp³-hybridized carbons (Fsp3) is 0.111. The summed E-state index contributed by atoms with van der Waals surface area (Å²) in [6.07, 6.45) is -4.15. The minimum absolute atomic E-state index is 0.0412. The van der Waals surface area contributed by atoms with Gasteiger partial charge in [-0.3, -0.25) is 4.79 Å². The van der Waals surface area contributed by atoms with E-state index in [2.05, 4.69) is 0 Å². The quantitative estimate of drug-likeness (QED) is 0.651. The highest BCUT2D eigenvalue weighted by molar-refractivity contribution is 5.79. The summed E-state index contributed by atoms with van der Waals surface area (Å²) in [7, 11) is 0. The Hall–Kier alpha value is -1.83. The van der Waals surface area contributed by atoms with Crippen LogP contribution >= 0.6 is 0 Å². The molecule has 0 saturated carbocycles. The van der Waals surface area contributed by atoms with Gasteiger partial charge in [0.25, 0.3) is 0 Å². The van der Waals surface area contributed by atoms with Gasteiger partial charge in [-0.1, -0.05) is 0 Å². The van der Waals surface area contributed by atoms with Crippen LogP contribution in [0.2, 0.25) is 0 Å². The highest BCUT2D eigenvalue weighted by Gasteiger charge is 2.30. The Bertz CT molecular complexity index is 403. The average Bonchev–Trinajstić information content (AvgIpc) is 2.15. The first kappa shape index (κ1) is 10.3. The lowest BCUT2D eigenvalue weighted by molar-refractivity contribution is -0.137. The summed E-state index contributed by atoms with van der Waals surface area (Å²) < 4.78 is 36.4. The standard InChI is InChI=1S/C9H4F3NO/c10-9(11,12)8-2-1-6(5-14)7(3-8)4-13/h1-3,5H. The van der Waals surface area contributed by atoms with E-state index >= 15 is 0 Å². The van der Waals surface area contributed by atoms with Crippen LogP contribution in [-0.4, -0.2) is 6.29 Å². The van der Waals surface area contributed by atoms with Gasteiger partial charge in [-0.05, 0) is 18.2 Å². The molecular weight excluding hydrogens is 195 g/mol. The molecule has 0 N–H and O–H groups in total. The van der Waals surface area contributed by atoms with Crippen LogP contribution in [0.3, 0.4) is 0 Å². The van der Waals surface area contributed by atoms with Gasteiger partial charge >= 0.3 is 6.18 Å². The van der Waals surface area contributed by atoms with Gasteiger partial charge in [-0.25, -0.2) is 0 Å². The highest BCUT2D eigenvalue weighted by atomic mass is 19.4. The highest BCUT2D eigenvalue weighted by Crippen LogP contribution is 2.30. The van der Waals surface area contributed by atoms with Crippen molar-refractivity contribution in [1.29, 1.82) is 5.26 Å². The summed E-state index contributed by atoms with van der Waals surface area (Å²) in [4.78, 5) is 10.3. The van der Waals surface area contributed by atoms with Gasteiger partial charge in [0.15, 0.2) is 6.29 Å². The number of hydrogen-bond acceptors (Lipinski definition) is 2. The fourth-order valence-electron chi connectivity index (χ4n) is 0.932. The van der Waals surface area contributed by atoms with Crippen molar-refractivity contribution in [2.75, 3.05) is 0 Å². The van der Waals surface area contributed by atoms with Crippen molar-refractivity contribution >= 4 is 6.29 Å². The Labute approximate surface area is 77.6 Å².